The van der Waals surface area contributed by atoms with Crippen molar-refractivity contribution in [3.63, 3.8) is 0 Å². The summed E-state index contributed by atoms with van der Waals surface area (Å²) >= 11 is 8.87. The summed E-state index contributed by atoms with van der Waals surface area (Å²) in [5.41, 5.74) is 2.83. The average molecular weight is 557 g/mol. The molecular weight excluding hydrogens is 541 g/mol. The van der Waals surface area contributed by atoms with E-state index in [2.05, 4.69) is 11.6 Å². The third-order valence-electron chi connectivity index (χ3n) is 5.16. The molecule has 8 heteroatoms. The van der Waals surface area contributed by atoms with Gasteiger partial charge in [0.25, 0.3) is 0 Å². The number of fused-ring (bicyclic) bond motifs is 1. The molecule has 0 saturated carbocycles. The maximum Gasteiger partial charge on any atom is 0.322 e. The first-order chi connectivity index (χ1) is 14.3. The molecule has 154 valence electrons. The number of halogens is 4. The zero-order chi connectivity index (χ0) is 21.5. The van der Waals surface area contributed by atoms with Gasteiger partial charge in [0.1, 0.15) is 0 Å². The van der Waals surface area contributed by atoms with Crippen molar-refractivity contribution < 1.29 is 13.6 Å². The number of pyridine rings is 1. The molecule has 2 aromatic heterocycles. The van der Waals surface area contributed by atoms with Gasteiger partial charge in [0.15, 0.2) is 0 Å². The van der Waals surface area contributed by atoms with Crippen LogP contribution in [0.4, 0.5) is 8.78 Å². The Morgan fingerprint density at radius 2 is 2.07 bits per heavy atom. The van der Waals surface area contributed by atoms with Crippen LogP contribution < -0.4 is 0 Å². The van der Waals surface area contributed by atoms with Crippen molar-refractivity contribution in [3.05, 3.63) is 87.4 Å². The topological polar surface area (TPSA) is 33.2 Å². The molecule has 1 aliphatic heterocycles. The van der Waals surface area contributed by atoms with Gasteiger partial charge in [-0.25, -0.2) is 0 Å². The molecule has 0 fully saturated rings. The van der Waals surface area contributed by atoms with Crippen LogP contribution in [0.3, 0.4) is 0 Å². The zero-order valence-electron chi connectivity index (χ0n) is 15.6. The summed E-state index contributed by atoms with van der Waals surface area (Å²) in [6.07, 6.45) is 4.13. The van der Waals surface area contributed by atoms with Crippen LogP contribution in [0.15, 0.2) is 61.4 Å². The quantitative estimate of drug-likeness (QED) is 0.206. The monoisotopic (exact) mass is 556 g/mol. The van der Waals surface area contributed by atoms with Crippen molar-refractivity contribution >= 4 is 51.4 Å². The summed E-state index contributed by atoms with van der Waals surface area (Å²) in [7, 11) is 0. The second-order valence-electron chi connectivity index (χ2n) is 6.91. The molecule has 0 spiro atoms. The fraction of sp³-hybridized carbons (Fsp3) is 0.182. The third kappa shape index (κ3) is 4.02. The van der Waals surface area contributed by atoms with Gasteiger partial charge in [-0.05, 0) is 34.9 Å². The number of alkyl halides is 3. The van der Waals surface area contributed by atoms with Crippen molar-refractivity contribution in [2.75, 3.05) is 6.54 Å². The summed E-state index contributed by atoms with van der Waals surface area (Å²) in [4.78, 5) is 19.2. The van der Waals surface area contributed by atoms with Crippen LogP contribution in [0.1, 0.15) is 27.5 Å². The fourth-order valence-electron chi connectivity index (χ4n) is 3.85. The van der Waals surface area contributed by atoms with E-state index in [0.29, 0.717) is 28.6 Å². The van der Waals surface area contributed by atoms with E-state index >= 15 is 0 Å². The van der Waals surface area contributed by atoms with E-state index in [1.165, 1.54) is 35.9 Å². The standard InChI is InChI=1S/C22H16ClF2IN2OS/c1-2-21(29)28-11-17(15-9-20(23)30-19(15)12-28)14-6-4-3-5-13(14)16-10-27-8-7-18(16)22(24,25)26/h2-10,17H,1,11-12H2. The average Bonchev–Trinajstić information content (AvgIpc) is 3.12. The number of carbonyl (C=O) groups excluding carboxylic acids is 1. The lowest BCUT2D eigenvalue weighted by atomic mass is 9.83. The van der Waals surface area contributed by atoms with Gasteiger partial charge in [0.05, 0.1) is 10.9 Å². The third-order valence-corrected chi connectivity index (χ3v) is 7.01. The SMILES string of the molecule is C=CC(=O)N1Cc2sc(Cl)cc2C(c2ccccc2-c2cnccc2C(F)(F)I)C1. The van der Waals surface area contributed by atoms with Crippen molar-refractivity contribution in [3.8, 4) is 11.1 Å². The molecule has 1 amide bonds. The predicted molar refractivity (Wildman–Crippen MR) is 124 cm³/mol. The molecule has 0 radical (unpaired) electrons. The van der Waals surface area contributed by atoms with Crippen LogP contribution in [0.5, 0.6) is 0 Å². The minimum atomic E-state index is -3.04. The highest BCUT2D eigenvalue weighted by atomic mass is 127. The van der Waals surface area contributed by atoms with Crippen LogP contribution in [0.2, 0.25) is 4.34 Å². The summed E-state index contributed by atoms with van der Waals surface area (Å²) in [6, 6.07) is 10.7. The molecule has 1 aliphatic rings. The number of hydrogen-bond acceptors (Lipinski definition) is 3. The van der Waals surface area contributed by atoms with Crippen LogP contribution in [-0.4, -0.2) is 22.3 Å². The van der Waals surface area contributed by atoms with E-state index in [9.17, 15) is 13.6 Å². The van der Waals surface area contributed by atoms with Gasteiger partial charge in [-0.1, -0.05) is 42.4 Å². The van der Waals surface area contributed by atoms with E-state index in [4.69, 9.17) is 11.6 Å². The molecule has 0 N–H and O–H groups in total. The predicted octanol–water partition coefficient (Wildman–Crippen LogP) is 6.61. The van der Waals surface area contributed by atoms with Gasteiger partial charge in [-0.15, -0.1) is 11.3 Å². The molecule has 30 heavy (non-hydrogen) atoms. The smallest absolute Gasteiger partial charge is 0.322 e. The maximum atomic E-state index is 14.3. The first-order valence-electron chi connectivity index (χ1n) is 9.09. The van der Waals surface area contributed by atoms with Crippen molar-refractivity contribution in [2.24, 2.45) is 0 Å². The number of amides is 1. The maximum absolute atomic E-state index is 14.3. The summed E-state index contributed by atoms with van der Waals surface area (Å²) in [6.45, 7) is 4.47. The van der Waals surface area contributed by atoms with Crippen LogP contribution in [0, 0.1) is 0 Å². The minimum Gasteiger partial charge on any atom is -0.333 e. The molecule has 4 rings (SSSR count). The Bertz CT molecular complexity index is 1130. The molecule has 3 heterocycles. The Morgan fingerprint density at radius 1 is 1.30 bits per heavy atom. The van der Waals surface area contributed by atoms with Crippen molar-refractivity contribution in [1.82, 2.24) is 9.88 Å². The van der Waals surface area contributed by atoms with E-state index < -0.39 is 3.93 Å². The Morgan fingerprint density at radius 3 is 2.80 bits per heavy atom. The lowest BCUT2D eigenvalue weighted by Crippen LogP contribution is -2.37. The van der Waals surface area contributed by atoms with Gasteiger partial charge in [0.2, 0.25) is 5.91 Å². The minimum absolute atomic E-state index is 0.0936. The number of benzene rings is 1. The highest BCUT2D eigenvalue weighted by molar-refractivity contribution is 14.1. The number of carbonyl (C=O) groups is 1. The number of aromatic nitrogens is 1. The molecule has 0 aliphatic carbocycles. The molecule has 0 saturated heterocycles. The first-order valence-corrected chi connectivity index (χ1v) is 11.4. The summed E-state index contributed by atoms with van der Waals surface area (Å²) in [5, 5.41) is 0. The normalized spacial score (nSPS) is 16.3. The number of rotatable bonds is 4. The summed E-state index contributed by atoms with van der Waals surface area (Å²) < 4.78 is 26.2. The molecule has 3 nitrogen and oxygen atoms in total. The van der Waals surface area contributed by atoms with E-state index in [1.54, 1.807) is 4.90 Å². The zero-order valence-corrected chi connectivity index (χ0v) is 19.3. The highest BCUT2D eigenvalue weighted by Crippen LogP contribution is 2.46. The van der Waals surface area contributed by atoms with Crippen LogP contribution in [-0.2, 0) is 15.3 Å². The number of hydrogen-bond donors (Lipinski definition) is 0. The van der Waals surface area contributed by atoms with Gasteiger partial charge in [0, 0.05) is 63.5 Å². The van der Waals surface area contributed by atoms with E-state index in [0.717, 1.165) is 38.6 Å². The van der Waals surface area contributed by atoms with Gasteiger partial charge < -0.3 is 4.90 Å². The lowest BCUT2D eigenvalue weighted by molar-refractivity contribution is -0.127. The molecule has 3 aromatic rings. The van der Waals surface area contributed by atoms with Crippen molar-refractivity contribution in [1.29, 1.82) is 0 Å². The van der Waals surface area contributed by atoms with Gasteiger partial charge >= 0.3 is 3.93 Å². The first kappa shape index (κ1) is 21.4. The molecule has 0 bridgehead atoms. The Hall–Kier alpha value is -1.84. The van der Waals surface area contributed by atoms with Gasteiger partial charge in [-0.3, -0.25) is 9.78 Å². The van der Waals surface area contributed by atoms with Gasteiger partial charge in [-0.2, -0.15) is 8.78 Å². The Labute approximate surface area is 195 Å². The van der Waals surface area contributed by atoms with Crippen LogP contribution in [0.25, 0.3) is 11.1 Å². The molecule has 1 atom stereocenters. The second-order valence-corrected chi connectivity index (χ2v) is 10.0. The lowest BCUT2D eigenvalue weighted by Gasteiger charge is -2.33. The highest BCUT2D eigenvalue weighted by Gasteiger charge is 2.34. The largest absolute Gasteiger partial charge is 0.333 e. The van der Waals surface area contributed by atoms with E-state index in [-0.39, 0.29) is 17.4 Å². The van der Waals surface area contributed by atoms with E-state index in [1.807, 2.05) is 30.3 Å². The fourth-order valence-corrected chi connectivity index (χ4v) is 5.68. The Kier molecular flexibility index (Phi) is 5.96. The second kappa shape index (κ2) is 8.36. The van der Waals surface area contributed by atoms with Crippen LogP contribution >= 0.6 is 45.5 Å². The summed E-state index contributed by atoms with van der Waals surface area (Å²) in [5.74, 6) is -0.373. The molecule has 1 unspecified atom stereocenters. The number of nitrogens with zero attached hydrogens (tertiary/aromatic N) is 2. The Balaban J connectivity index is 1.89. The molecular formula is C22H16ClF2IN2OS. The number of thiophene rings is 1. The molecule has 1 aromatic carbocycles. The van der Waals surface area contributed by atoms with Crippen molar-refractivity contribution in [2.45, 2.75) is 16.4 Å².